The van der Waals surface area contributed by atoms with Gasteiger partial charge < -0.3 is 23.7 Å². The second-order valence-corrected chi connectivity index (χ2v) is 11.0. The van der Waals surface area contributed by atoms with Crippen LogP contribution in [0.3, 0.4) is 0 Å². The van der Waals surface area contributed by atoms with Crippen LogP contribution in [0, 0.1) is 0 Å². The highest BCUT2D eigenvalue weighted by molar-refractivity contribution is 7.07. The summed E-state index contributed by atoms with van der Waals surface area (Å²) in [6, 6.07) is 19.8. The Morgan fingerprint density at radius 2 is 1.77 bits per heavy atom. The van der Waals surface area contributed by atoms with E-state index in [1.165, 1.54) is 11.3 Å². The molecule has 1 atom stereocenters. The summed E-state index contributed by atoms with van der Waals surface area (Å²) in [7, 11) is 0. The van der Waals surface area contributed by atoms with E-state index in [4.69, 9.17) is 23.7 Å². The number of carbonyl (C=O) groups is 1. The Balaban J connectivity index is 1.29. The summed E-state index contributed by atoms with van der Waals surface area (Å²) < 4.78 is 29.8. The average molecular weight is 611 g/mol. The maximum atomic E-state index is 13.9. The topological polar surface area (TPSA) is 97.6 Å². The summed E-state index contributed by atoms with van der Waals surface area (Å²) in [6.45, 7) is 8.36. The zero-order valence-corrected chi connectivity index (χ0v) is 25.1. The average Bonchev–Trinajstić information content (AvgIpc) is 3.62. The van der Waals surface area contributed by atoms with Gasteiger partial charge in [-0.1, -0.05) is 54.3 Å². The fraction of sp³-hybridized carbons (Fsp3) is 0.206. The Labute approximate surface area is 257 Å². The van der Waals surface area contributed by atoms with Gasteiger partial charge in [0.05, 0.1) is 28.5 Å². The highest BCUT2D eigenvalue weighted by atomic mass is 32.1. The first-order valence-corrected chi connectivity index (χ1v) is 14.9. The SMILES string of the molecule is C=CCOc1ccc([C@@H]2C(C(=O)OCC)=C(C)N=c3s/c(=C\c4ccc(OCc5ccc6c(c5)OCO6)cc4)c(=O)n32)cc1. The predicted molar refractivity (Wildman–Crippen MR) is 166 cm³/mol. The summed E-state index contributed by atoms with van der Waals surface area (Å²) >= 11 is 1.27. The standard InChI is InChI=1S/C34H30N2O7S/c1-4-16-40-25-13-9-24(10-14-25)31-30(33(38)39-5-2)21(3)35-34-36(31)32(37)29(44-34)18-22-6-11-26(12-7-22)41-19-23-8-15-27-28(17-23)43-20-42-27/h4,6-15,17-18,31H,1,5,16,19-20H2,2-3H3/b29-18-/t31-/m1/s1. The molecule has 2 aliphatic heterocycles. The molecule has 6 rings (SSSR count). The van der Waals surface area contributed by atoms with Crippen LogP contribution in [0.5, 0.6) is 23.0 Å². The van der Waals surface area contributed by atoms with Crippen molar-refractivity contribution in [1.29, 1.82) is 0 Å². The molecule has 0 fully saturated rings. The molecule has 0 bridgehead atoms. The minimum atomic E-state index is -0.701. The Morgan fingerprint density at radius 3 is 2.52 bits per heavy atom. The lowest BCUT2D eigenvalue weighted by atomic mass is 9.96. The molecule has 3 heterocycles. The Kier molecular flexibility index (Phi) is 8.33. The zero-order valence-electron chi connectivity index (χ0n) is 24.3. The molecule has 44 heavy (non-hydrogen) atoms. The number of hydrogen-bond acceptors (Lipinski definition) is 9. The third-order valence-corrected chi connectivity index (χ3v) is 8.08. The monoisotopic (exact) mass is 610 g/mol. The molecule has 0 N–H and O–H groups in total. The Bertz CT molecular complexity index is 1920. The van der Waals surface area contributed by atoms with Gasteiger partial charge in [-0.25, -0.2) is 9.79 Å². The molecular formula is C34H30N2O7S. The van der Waals surface area contributed by atoms with Crippen molar-refractivity contribution in [3.63, 3.8) is 0 Å². The van der Waals surface area contributed by atoms with E-state index in [0.29, 0.717) is 51.1 Å². The highest BCUT2D eigenvalue weighted by Crippen LogP contribution is 2.33. The molecule has 2 aliphatic rings. The molecule has 0 saturated carbocycles. The molecule has 4 aromatic rings. The van der Waals surface area contributed by atoms with Gasteiger partial charge in [0, 0.05) is 0 Å². The van der Waals surface area contributed by atoms with E-state index < -0.39 is 12.0 Å². The summed E-state index contributed by atoms with van der Waals surface area (Å²) in [5, 5.41) is 0. The highest BCUT2D eigenvalue weighted by Gasteiger charge is 2.33. The third-order valence-electron chi connectivity index (χ3n) is 7.10. The maximum absolute atomic E-state index is 13.9. The van der Waals surface area contributed by atoms with Gasteiger partial charge in [0.1, 0.15) is 24.7 Å². The zero-order chi connectivity index (χ0) is 30.6. The molecule has 0 aliphatic carbocycles. The molecule has 9 nitrogen and oxygen atoms in total. The van der Waals surface area contributed by atoms with Crippen LogP contribution in [-0.2, 0) is 16.1 Å². The summed E-state index contributed by atoms with van der Waals surface area (Å²) in [6.07, 6.45) is 3.48. The van der Waals surface area contributed by atoms with Crippen LogP contribution >= 0.6 is 11.3 Å². The number of hydrogen-bond donors (Lipinski definition) is 0. The van der Waals surface area contributed by atoms with Crippen LogP contribution in [0.4, 0.5) is 0 Å². The summed E-state index contributed by atoms with van der Waals surface area (Å²) in [5.74, 6) is 2.29. The van der Waals surface area contributed by atoms with E-state index >= 15 is 0 Å². The van der Waals surface area contributed by atoms with E-state index in [-0.39, 0.29) is 19.0 Å². The molecule has 0 saturated heterocycles. The lowest BCUT2D eigenvalue weighted by Gasteiger charge is -2.24. The van der Waals surface area contributed by atoms with Crippen molar-refractivity contribution >= 4 is 23.4 Å². The lowest BCUT2D eigenvalue weighted by molar-refractivity contribution is -0.139. The van der Waals surface area contributed by atoms with Crippen LogP contribution in [0.15, 0.2) is 100 Å². The molecule has 3 aromatic carbocycles. The fourth-order valence-electron chi connectivity index (χ4n) is 5.02. The normalized spacial score (nSPS) is 15.4. The van der Waals surface area contributed by atoms with Crippen LogP contribution in [0.1, 0.15) is 36.6 Å². The number of esters is 1. The first-order valence-electron chi connectivity index (χ1n) is 14.1. The lowest BCUT2D eigenvalue weighted by Crippen LogP contribution is -2.39. The van der Waals surface area contributed by atoms with E-state index in [0.717, 1.165) is 22.4 Å². The number of nitrogens with zero attached hydrogens (tertiary/aromatic N) is 2. The molecule has 224 valence electrons. The van der Waals surface area contributed by atoms with Crippen LogP contribution in [-0.4, -0.2) is 30.5 Å². The van der Waals surface area contributed by atoms with Crippen molar-refractivity contribution in [2.24, 2.45) is 4.99 Å². The third kappa shape index (κ3) is 5.89. The van der Waals surface area contributed by atoms with Crippen molar-refractivity contribution in [3.05, 3.63) is 127 Å². The number of carbonyl (C=O) groups excluding carboxylic acids is 1. The van der Waals surface area contributed by atoms with Gasteiger partial charge in [0.15, 0.2) is 16.3 Å². The van der Waals surface area contributed by atoms with E-state index in [1.54, 1.807) is 24.5 Å². The van der Waals surface area contributed by atoms with E-state index in [1.807, 2.05) is 72.8 Å². The minimum absolute atomic E-state index is 0.206. The van der Waals surface area contributed by atoms with E-state index in [9.17, 15) is 9.59 Å². The van der Waals surface area contributed by atoms with Crippen LogP contribution in [0.2, 0.25) is 0 Å². The largest absolute Gasteiger partial charge is 0.490 e. The van der Waals surface area contributed by atoms with Crippen molar-refractivity contribution in [3.8, 4) is 23.0 Å². The molecule has 0 spiro atoms. The van der Waals surface area contributed by atoms with Crippen LogP contribution in [0.25, 0.3) is 6.08 Å². The van der Waals surface area contributed by atoms with E-state index in [2.05, 4.69) is 11.6 Å². The van der Waals surface area contributed by atoms with Gasteiger partial charge in [-0.05, 0) is 73.0 Å². The number of rotatable bonds is 10. The molecule has 10 heteroatoms. The molecule has 0 amide bonds. The number of allylic oxidation sites excluding steroid dienone is 1. The fourth-order valence-corrected chi connectivity index (χ4v) is 6.06. The minimum Gasteiger partial charge on any atom is -0.490 e. The van der Waals surface area contributed by atoms with Gasteiger partial charge in [0.2, 0.25) is 6.79 Å². The van der Waals surface area contributed by atoms with Crippen molar-refractivity contribution in [2.45, 2.75) is 26.5 Å². The first-order chi connectivity index (χ1) is 21.4. The number of aromatic nitrogens is 1. The number of benzene rings is 3. The van der Waals surface area contributed by atoms with Gasteiger partial charge in [-0.3, -0.25) is 9.36 Å². The van der Waals surface area contributed by atoms with Crippen molar-refractivity contribution < 1.29 is 28.5 Å². The van der Waals surface area contributed by atoms with Crippen molar-refractivity contribution in [1.82, 2.24) is 4.57 Å². The van der Waals surface area contributed by atoms with Gasteiger partial charge in [-0.15, -0.1) is 0 Å². The van der Waals surface area contributed by atoms with Gasteiger partial charge >= 0.3 is 5.97 Å². The van der Waals surface area contributed by atoms with Gasteiger partial charge in [0.25, 0.3) is 5.56 Å². The second-order valence-electron chi connectivity index (χ2n) is 10.0. The molecule has 1 aromatic heterocycles. The van der Waals surface area contributed by atoms with Gasteiger partial charge in [-0.2, -0.15) is 0 Å². The molecule has 0 unspecified atom stereocenters. The number of ether oxygens (including phenoxy) is 5. The maximum Gasteiger partial charge on any atom is 0.338 e. The number of fused-ring (bicyclic) bond motifs is 2. The summed E-state index contributed by atoms with van der Waals surface area (Å²) in [4.78, 5) is 32.2. The molecular weight excluding hydrogens is 580 g/mol. The quantitative estimate of drug-likeness (QED) is 0.190. The molecule has 0 radical (unpaired) electrons. The Morgan fingerprint density at radius 1 is 1.05 bits per heavy atom. The second kappa shape index (κ2) is 12.6. The first kappa shape index (κ1) is 29.0. The number of thiazole rings is 1. The Hall–Kier alpha value is -5.09. The predicted octanol–water partition coefficient (Wildman–Crippen LogP) is 4.67. The summed E-state index contributed by atoms with van der Waals surface area (Å²) in [5.41, 5.74) is 3.12. The van der Waals surface area contributed by atoms with Crippen LogP contribution < -0.4 is 33.8 Å². The smallest absolute Gasteiger partial charge is 0.338 e. The van der Waals surface area contributed by atoms with Crippen molar-refractivity contribution in [2.75, 3.05) is 20.0 Å².